The number of ether oxygens (including phenoxy) is 1. The molecule has 6 nitrogen and oxygen atoms in total. The molecule has 0 aliphatic rings. The number of amides is 1. The summed E-state index contributed by atoms with van der Waals surface area (Å²) < 4.78 is 6.86. The van der Waals surface area contributed by atoms with Crippen LogP contribution >= 0.6 is 0 Å². The third-order valence-corrected chi connectivity index (χ3v) is 3.69. The molecule has 0 bridgehead atoms. The number of nitrogens with one attached hydrogen (secondary N) is 1. The maximum Gasteiger partial charge on any atom is 0.250 e. The fraction of sp³-hybridized carbons (Fsp3) is 0.167. The van der Waals surface area contributed by atoms with E-state index in [2.05, 4.69) is 15.3 Å². The van der Waals surface area contributed by atoms with Gasteiger partial charge in [-0.2, -0.15) is 0 Å². The Kier molecular flexibility index (Phi) is 4.67. The van der Waals surface area contributed by atoms with Crippen LogP contribution < -0.4 is 5.32 Å². The third kappa shape index (κ3) is 3.18. The highest BCUT2D eigenvalue weighted by Gasteiger charge is 2.12. The van der Waals surface area contributed by atoms with Gasteiger partial charge in [0.05, 0.1) is 5.69 Å². The monoisotopic (exact) mass is 322 g/mol. The summed E-state index contributed by atoms with van der Waals surface area (Å²) in [6, 6.07) is 9.60. The molecule has 3 aromatic rings. The summed E-state index contributed by atoms with van der Waals surface area (Å²) in [5.41, 5.74) is 3.64. The van der Waals surface area contributed by atoms with E-state index in [9.17, 15) is 4.79 Å². The Hall–Kier alpha value is -2.99. The number of hydrogen-bond donors (Lipinski definition) is 1. The van der Waals surface area contributed by atoms with Crippen molar-refractivity contribution in [2.75, 3.05) is 19.0 Å². The van der Waals surface area contributed by atoms with Crippen LogP contribution in [0, 0.1) is 6.92 Å². The number of carbonyl (C=O) groups excluding carboxylic acids is 1. The zero-order chi connectivity index (χ0) is 16.9. The fourth-order valence-electron chi connectivity index (χ4n) is 2.55. The topological polar surface area (TPSA) is 69.0 Å². The number of methoxy groups -OCH3 is 1. The minimum atomic E-state index is -0.183. The number of pyridine rings is 1. The van der Waals surface area contributed by atoms with Crippen LogP contribution in [0.4, 0.5) is 5.69 Å². The maximum atomic E-state index is 11.8. The van der Waals surface area contributed by atoms with Gasteiger partial charge in [0.2, 0.25) is 5.91 Å². The lowest BCUT2D eigenvalue weighted by Gasteiger charge is -2.15. The lowest BCUT2D eigenvalue weighted by Crippen LogP contribution is -2.18. The highest BCUT2D eigenvalue weighted by atomic mass is 16.5. The first kappa shape index (κ1) is 15.9. The molecule has 6 heteroatoms. The normalized spacial score (nSPS) is 10.6. The van der Waals surface area contributed by atoms with Crippen molar-refractivity contribution in [3.8, 4) is 17.1 Å². The quantitative estimate of drug-likeness (QED) is 0.784. The molecule has 1 N–H and O–H groups in total. The van der Waals surface area contributed by atoms with Crippen LogP contribution in [0.3, 0.4) is 0 Å². The molecule has 0 atom stereocenters. The number of rotatable bonds is 5. The van der Waals surface area contributed by atoms with Crippen LogP contribution in [0.15, 0.2) is 55.1 Å². The Morgan fingerprint density at radius 1 is 1.21 bits per heavy atom. The lowest BCUT2D eigenvalue weighted by molar-refractivity contribution is -0.119. The second kappa shape index (κ2) is 7.06. The minimum absolute atomic E-state index is 0.0248. The molecule has 0 unspecified atom stereocenters. The van der Waals surface area contributed by atoms with Crippen molar-refractivity contribution in [1.82, 2.24) is 14.5 Å². The van der Waals surface area contributed by atoms with Crippen molar-refractivity contribution in [3.05, 3.63) is 60.7 Å². The first-order valence-corrected chi connectivity index (χ1v) is 7.53. The predicted molar refractivity (Wildman–Crippen MR) is 92.0 cm³/mol. The standard InChI is InChI=1S/C18H18N4O2/c1-13-15(21-17(23)12-24-2)4-3-5-16(13)22-11-10-20-18(22)14-6-8-19-9-7-14/h3-11H,12H2,1-2H3,(H,21,23). The Bertz CT molecular complexity index is 843. The molecule has 0 aliphatic heterocycles. The Labute approximate surface area is 140 Å². The number of carbonyl (C=O) groups is 1. The summed E-state index contributed by atoms with van der Waals surface area (Å²) in [5, 5.41) is 2.87. The number of imidazole rings is 1. The third-order valence-electron chi connectivity index (χ3n) is 3.69. The van der Waals surface area contributed by atoms with Crippen molar-refractivity contribution >= 4 is 11.6 Å². The smallest absolute Gasteiger partial charge is 0.250 e. The van der Waals surface area contributed by atoms with Crippen molar-refractivity contribution in [2.24, 2.45) is 0 Å². The Balaban J connectivity index is 2.00. The number of aromatic nitrogens is 3. The summed E-state index contributed by atoms with van der Waals surface area (Å²) in [4.78, 5) is 20.3. The average molecular weight is 322 g/mol. The lowest BCUT2D eigenvalue weighted by atomic mass is 10.1. The van der Waals surface area contributed by atoms with E-state index >= 15 is 0 Å². The van der Waals surface area contributed by atoms with Gasteiger partial charge in [-0.25, -0.2) is 4.98 Å². The molecular formula is C18H18N4O2. The van der Waals surface area contributed by atoms with Crippen LogP contribution in [0.5, 0.6) is 0 Å². The minimum Gasteiger partial charge on any atom is -0.375 e. The van der Waals surface area contributed by atoms with Gasteiger partial charge in [0, 0.05) is 43.1 Å². The van der Waals surface area contributed by atoms with Gasteiger partial charge in [-0.15, -0.1) is 0 Å². The molecular weight excluding hydrogens is 304 g/mol. The molecule has 24 heavy (non-hydrogen) atoms. The van der Waals surface area contributed by atoms with E-state index in [0.29, 0.717) is 0 Å². The molecule has 122 valence electrons. The molecule has 0 fully saturated rings. The zero-order valence-corrected chi connectivity index (χ0v) is 13.6. The largest absolute Gasteiger partial charge is 0.375 e. The Morgan fingerprint density at radius 2 is 2.00 bits per heavy atom. The van der Waals surface area contributed by atoms with Crippen LogP contribution in [-0.2, 0) is 9.53 Å². The highest BCUT2D eigenvalue weighted by molar-refractivity contribution is 5.93. The predicted octanol–water partition coefficient (Wildman–Crippen LogP) is 2.83. The van der Waals surface area contributed by atoms with Gasteiger partial charge < -0.3 is 10.1 Å². The van der Waals surface area contributed by atoms with E-state index in [1.165, 1.54) is 7.11 Å². The zero-order valence-electron chi connectivity index (χ0n) is 13.6. The molecule has 0 saturated carbocycles. The first-order valence-electron chi connectivity index (χ1n) is 7.53. The molecule has 2 heterocycles. The molecule has 0 saturated heterocycles. The van der Waals surface area contributed by atoms with Gasteiger partial charge in [0.1, 0.15) is 12.4 Å². The van der Waals surface area contributed by atoms with Gasteiger partial charge in [-0.1, -0.05) is 6.07 Å². The van der Waals surface area contributed by atoms with Crippen LogP contribution in [0.25, 0.3) is 17.1 Å². The van der Waals surface area contributed by atoms with Crippen molar-refractivity contribution in [2.45, 2.75) is 6.92 Å². The maximum absolute atomic E-state index is 11.8. The number of benzene rings is 1. The van der Waals surface area contributed by atoms with E-state index in [-0.39, 0.29) is 12.5 Å². The molecule has 1 aromatic carbocycles. The van der Waals surface area contributed by atoms with Crippen LogP contribution in [0.1, 0.15) is 5.56 Å². The second-order valence-electron chi connectivity index (χ2n) is 5.29. The number of nitrogens with zero attached hydrogens (tertiary/aromatic N) is 3. The SMILES string of the molecule is COCC(=O)Nc1cccc(-n2ccnc2-c2ccncc2)c1C. The van der Waals surface area contributed by atoms with Gasteiger partial charge in [-0.3, -0.25) is 14.3 Å². The van der Waals surface area contributed by atoms with Crippen molar-refractivity contribution < 1.29 is 9.53 Å². The van der Waals surface area contributed by atoms with E-state index in [0.717, 1.165) is 28.3 Å². The van der Waals surface area contributed by atoms with E-state index in [4.69, 9.17) is 4.74 Å². The van der Waals surface area contributed by atoms with Gasteiger partial charge >= 0.3 is 0 Å². The van der Waals surface area contributed by atoms with Gasteiger partial charge in [0.25, 0.3) is 0 Å². The van der Waals surface area contributed by atoms with Crippen molar-refractivity contribution in [3.63, 3.8) is 0 Å². The molecule has 2 aromatic heterocycles. The number of anilines is 1. The second-order valence-corrected chi connectivity index (χ2v) is 5.29. The summed E-state index contributed by atoms with van der Waals surface area (Å²) in [6.45, 7) is 1.99. The molecule has 1 amide bonds. The van der Waals surface area contributed by atoms with Crippen LogP contribution in [0.2, 0.25) is 0 Å². The van der Waals surface area contributed by atoms with E-state index in [1.807, 2.05) is 48.0 Å². The fourth-order valence-corrected chi connectivity index (χ4v) is 2.55. The molecule has 3 rings (SSSR count). The summed E-state index contributed by atoms with van der Waals surface area (Å²) >= 11 is 0. The summed E-state index contributed by atoms with van der Waals surface area (Å²) in [6.07, 6.45) is 7.13. The van der Waals surface area contributed by atoms with Crippen molar-refractivity contribution in [1.29, 1.82) is 0 Å². The summed E-state index contributed by atoms with van der Waals surface area (Å²) in [7, 11) is 1.50. The van der Waals surface area contributed by atoms with Crippen LogP contribution in [-0.4, -0.2) is 34.2 Å². The first-order chi connectivity index (χ1) is 11.7. The summed E-state index contributed by atoms with van der Waals surface area (Å²) in [5.74, 6) is 0.638. The van der Waals surface area contributed by atoms with Gasteiger partial charge in [0.15, 0.2) is 0 Å². The van der Waals surface area contributed by atoms with E-state index < -0.39 is 0 Å². The Morgan fingerprint density at radius 3 is 2.75 bits per heavy atom. The average Bonchev–Trinajstić information content (AvgIpc) is 3.07. The number of hydrogen-bond acceptors (Lipinski definition) is 4. The molecule has 0 radical (unpaired) electrons. The molecule has 0 aliphatic carbocycles. The highest BCUT2D eigenvalue weighted by Crippen LogP contribution is 2.26. The molecule has 0 spiro atoms. The van der Waals surface area contributed by atoms with Gasteiger partial charge in [-0.05, 0) is 36.8 Å². The van der Waals surface area contributed by atoms with E-state index in [1.54, 1.807) is 18.6 Å².